The molecule has 0 atom stereocenters. The number of ether oxygens (including phenoxy) is 1. The summed E-state index contributed by atoms with van der Waals surface area (Å²) in [6.07, 6.45) is 1.57. The fraction of sp³-hybridized carbons (Fsp3) is 0.500. The van der Waals surface area contributed by atoms with E-state index in [1.54, 1.807) is 13.2 Å². The number of halogens is 1. The summed E-state index contributed by atoms with van der Waals surface area (Å²) in [6, 6.07) is 7.21. The SMILES string of the molecule is CCN(CCCCC(=O)O)CC(=O)Nc1cccc(OC)c1.Cl. The number of rotatable bonds is 10. The van der Waals surface area contributed by atoms with Crippen molar-refractivity contribution in [3.8, 4) is 5.75 Å². The number of unbranched alkanes of at least 4 members (excludes halogenated alkanes) is 1. The Morgan fingerprint density at radius 2 is 2.04 bits per heavy atom. The van der Waals surface area contributed by atoms with Crippen LogP contribution in [-0.4, -0.2) is 48.6 Å². The fourth-order valence-electron chi connectivity index (χ4n) is 2.07. The Bertz CT molecular complexity index is 497. The summed E-state index contributed by atoms with van der Waals surface area (Å²) in [7, 11) is 1.58. The van der Waals surface area contributed by atoms with Crippen LogP contribution >= 0.6 is 12.4 Å². The van der Waals surface area contributed by atoms with Gasteiger partial charge in [-0.3, -0.25) is 14.5 Å². The number of aliphatic carboxylic acids is 1. The van der Waals surface area contributed by atoms with Crippen molar-refractivity contribution in [3.05, 3.63) is 24.3 Å². The molecule has 0 saturated heterocycles. The molecule has 0 aliphatic rings. The van der Waals surface area contributed by atoms with Gasteiger partial charge >= 0.3 is 5.97 Å². The molecule has 23 heavy (non-hydrogen) atoms. The van der Waals surface area contributed by atoms with Gasteiger partial charge in [0.25, 0.3) is 0 Å². The maximum Gasteiger partial charge on any atom is 0.303 e. The van der Waals surface area contributed by atoms with E-state index < -0.39 is 5.97 Å². The van der Waals surface area contributed by atoms with Crippen LogP contribution in [0.5, 0.6) is 5.75 Å². The van der Waals surface area contributed by atoms with Gasteiger partial charge in [-0.15, -0.1) is 12.4 Å². The third kappa shape index (κ3) is 9.05. The minimum absolute atomic E-state index is 0. The molecule has 0 saturated carbocycles. The predicted molar refractivity (Wildman–Crippen MR) is 92.5 cm³/mol. The van der Waals surface area contributed by atoms with Crippen LogP contribution in [0.4, 0.5) is 5.69 Å². The lowest BCUT2D eigenvalue weighted by atomic mass is 10.2. The van der Waals surface area contributed by atoms with E-state index >= 15 is 0 Å². The molecule has 0 bridgehead atoms. The van der Waals surface area contributed by atoms with Crippen LogP contribution in [0.2, 0.25) is 0 Å². The van der Waals surface area contributed by atoms with Gasteiger partial charge in [-0.05, 0) is 38.1 Å². The lowest BCUT2D eigenvalue weighted by Crippen LogP contribution is -2.33. The molecule has 1 amide bonds. The normalized spacial score (nSPS) is 10.0. The molecule has 1 rings (SSSR count). The highest BCUT2D eigenvalue weighted by Crippen LogP contribution is 2.16. The van der Waals surface area contributed by atoms with Crippen molar-refractivity contribution in [2.24, 2.45) is 0 Å². The largest absolute Gasteiger partial charge is 0.497 e. The van der Waals surface area contributed by atoms with E-state index in [4.69, 9.17) is 9.84 Å². The Hall–Kier alpha value is -1.79. The van der Waals surface area contributed by atoms with Crippen LogP contribution in [0.15, 0.2) is 24.3 Å². The zero-order valence-corrected chi connectivity index (χ0v) is 14.4. The van der Waals surface area contributed by atoms with Crippen molar-refractivity contribution in [2.75, 3.05) is 32.1 Å². The highest BCUT2D eigenvalue weighted by molar-refractivity contribution is 5.92. The second-order valence-electron chi connectivity index (χ2n) is 5.00. The number of carboxylic acid groups (broad SMARTS) is 1. The van der Waals surface area contributed by atoms with Crippen LogP contribution in [-0.2, 0) is 9.59 Å². The Labute approximate surface area is 143 Å². The third-order valence-corrected chi connectivity index (χ3v) is 3.28. The van der Waals surface area contributed by atoms with Crippen molar-refractivity contribution in [1.29, 1.82) is 0 Å². The van der Waals surface area contributed by atoms with E-state index in [2.05, 4.69) is 5.32 Å². The van der Waals surface area contributed by atoms with Crippen LogP contribution in [0, 0.1) is 0 Å². The molecule has 0 aromatic heterocycles. The van der Waals surface area contributed by atoms with Crippen LogP contribution < -0.4 is 10.1 Å². The number of carbonyl (C=O) groups is 2. The number of hydrogen-bond donors (Lipinski definition) is 2. The molecule has 0 aliphatic carbocycles. The quantitative estimate of drug-likeness (QED) is 0.638. The molecular formula is C16H25ClN2O4. The molecular weight excluding hydrogens is 320 g/mol. The summed E-state index contributed by atoms with van der Waals surface area (Å²) in [4.78, 5) is 24.5. The van der Waals surface area contributed by atoms with Gasteiger partial charge in [0.15, 0.2) is 0 Å². The number of likely N-dealkylation sites (N-methyl/N-ethyl adjacent to an activating group) is 1. The predicted octanol–water partition coefficient (Wildman–Crippen LogP) is 2.63. The van der Waals surface area contributed by atoms with Gasteiger partial charge in [-0.1, -0.05) is 13.0 Å². The number of nitrogens with zero attached hydrogens (tertiary/aromatic N) is 1. The van der Waals surface area contributed by atoms with Gasteiger partial charge < -0.3 is 15.2 Å². The first-order valence-corrected chi connectivity index (χ1v) is 7.43. The first-order valence-electron chi connectivity index (χ1n) is 7.43. The Balaban J connectivity index is 0.00000484. The highest BCUT2D eigenvalue weighted by Gasteiger charge is 2.10. The summed E-state index contributed by atoms with van der Waals surface area (Å²) in [5.41, 5.74) is 0.700. The number of carbonyl (C=O) groups excluding carboxylic acids is 1. The molecule has 130 valence electrons. The topological polar surface area (TPSA) is 78.9 Å². The maximum absolute atomic E-state index is 12.0. The zero-order valence-electron chi connectivity index (χ0n) is 13.6. The van der Waals surface area contributed by atoms with Crippen LogP contribution in [0.1, 0.15) is 26.2 Å². The van der Waals surface area contributed by atoms with E-state index in [1.807, 2.05) is 30.0 Å². The minimum atomic E-state index is -0.779. The maximum atomic E-state index is 12.0. The van der Waals surface area contributed by atoms with Gasteiger partial charge in [0.05, 0.1) is 13.7 Å². The minimum Gasteiger partial charge on any atom is -0.497 e. The number of carboxylic acids is 1. The molecule has 0 heterocycles. The monoisotopic (exact) mass is 344 g/mol. The molecule has 0 unspecified atom stereocenters. The number of anilines is 1. The van der Waals surface area contributed by atoms with Crippen molar-refractivity contribution < 1.29 is 19.4 Å². The first-order chi connectivity index (χ1) is 10.5. The lowest BCUT2D eigenvalue weighted by Gasteiger charge is -2.19. The smallest absolute Gasteiger partial charge is 0.303 e. The van der Waals surface area contributed by atoms with Gasteiger partial charge in [0.1, 0.15) is 5.75 Å². The number of amides is 1. The third-order valence-electron chi connectivity index (χ3n) is 3.28. The second kappa shape index (κ2) is 11.7. The van der Waals surface area contributed by atoms with Gasteiger partial charge in [0.2, 0.25) is 5.91 Å². The van der Waals surface area contributed by atoms with Crippen molar-refractivity contribution in [3.63, 3.8) is 0 Å². The molecule has 0 aliphatic heterocycles. The van der Waals surface area contributed by atoms with E-state index in [0.29, 0.717) is 24.4 Å². The standard InChI is InChI=1S/C16H24N2O4.ClH/c1-3-18(10-5-4-9-16(20)21)12-15(19)17-13-7-6-8-14(11-13)22-2;/h6-8,11H,3-5,9-10,12H2,1-2H3,(H,17,19)(H,20,21);1H. The molecule has 7 heteroatoms. The van der Waals surface area contributed by atoms with E-state index in [0.717, 1.165) is 19.5 Å². The van der Waals surface area contributed by atoms with Crippen molar-refractivity contribution in [1.82, 2.24) is 4.90 Å². The molecule has 0 spiro atoms. The highest BCUT2D eigenvalue weighted by atomic mass is 35.5. The summed E-state index contributed by atoms with van der Waals surface area (Å²) < 4.78 is 5.11. The molecule has 1 aromatic rings. The molecule has 1 aromatic carbocycles. The molecule has 6 nitrogen and oxygen atoms in total. The number of hydrogen-bond acceptors (Lipinski definition) is 4. The Kier molecular flexibility index (Phi) is 10.8. The Morgan fingerprint density at radius 3 is 2.65 bits per heavy atom. The summed E-state index contributed by atoms with van der Waals surface area (Å²) in [6.45, 7) is 3.74. The second-order valence-corrected chi connectivity index (χ2v) is 5.00. The number of nitrogens with one attached hydrogen (secondary N) is 1. The van der Waals surface area contributed by atoms with E-state index in [9.17, 15) is 9.59 Å². The van der Waals surface area contributed by atoms with Gasteiger partial charge in [-0.2, -0.15) is 0 Å². The van der Waals surface area contributed by atoms with Crippen LogP contribution in [0.25, 0.3) is 0 Å². The van der Waals surface area contributed by atoms with Gasteiger partial charge in [0, 0.05) is 18.2 Å². The summed E-state index contributed by atoms with van der Waals surface area (Å²) in [5.74, 6) is -0.175. The molecule has 0 radical (unpaired) electrons. The molecule has 0 fully saturated rings. The average molecular weight is 345 g/mol. The zero-order chi connectivity index (χ0) is 16.4. The summed E-state index contributed by atoms with van der Waals surface area (Å²) >= 11 is 0. The Morgan fingerprint density at radius 1 is 1.30 bits per heavy atom. The average Bonchev–Trinajstić information content (AvgIpc) is 2.50. The number of methoxy groups -OCH3 is 1. The summed E-state index contributed by atoms with van der Waals surface area (Å²) in [5, 5.41) is 11.4. The molecule has 2 N–H and O–H groups in total. The van der Waals surface area contributed by atoms with Crippen molar-refractivity contribution in [2.45, 2.75) is 26.2 Å². The van der Waals surface area contributed by atoms with E-state index in [-0.39, 0.29) is 24.7 Å². The fourth-order valence-corrected chi connectivity index (χ4v) is 2.07. The van der Waals surface area contributed by atoms with Crippen LogP contribution in [0.3, 0.4) is 0 Å². The first kappa shape index (κ1) is 21.2. The number of benzene rings is 1. The lowest BCUT2D eigenvalue weighted by molar-refractivity contribution is -0.137. The van der Waals surface area contributed by atoms with Gasteiger partial charge in [-0.25, -0.2) is 0 Å². The van der Waals surface area contributed by atoms with Crippen molar-refractivity contribution >= 4 is 30.0 Å². The van der Waals surface area contributed by atoms with E-state index in [1.165, 1.54) is 0 Å².